The molecule has 12 heteroatoms. The number of nitrogens with zero attached hydrogens (tertiary/aromatic N) is 8. The van der Waals surface area contributed by atoms with E-state index in [9.17, 15) is 25.2 Å². The summed E-state index contributed by atoms with van der Waals surface area (Å²) in [5.74, 6) is -0.0128. The number of aromatic amines is 1. The first-order valence-corrected chi connectivity index (χ1v) is 12.3. The Kier molecular flexibility index (Phi) is 6.60. The number of aryl methyl sites for hydroxylation is 1. The molecule has 4 heterocycles. The molecule has 0 spiro atoms. The van der Waals surface area contributed by atoms with E-state index in [2.05, 4.69) is 30.2 Å². The Labute approximate surface area is 217 Å². The van der Waals surface area contributed by atoms with Gasteiger partial charge in [-0.3, -0.25) is 9.69 Å². The highest BCUT2D eigenvalue weighted by Gasteiger charge is 2.36. The van der Waals surface area contributed by atoms with E-state index in [4.69, 9.17) is 0 Å². The number of hydrogen-bond acceptors (Lipinski definition) is 8. The largest absolute Gasteiger partial charge is 0.384 e. The number of H-pyrrole nitrogens is 1. The van der Waals surface area contributed by atoms with Gasteiger partial charge in [-0.2, -0.15) is 10.5 Å². The number of azide groups is 1. The van der Waals surface area contributed by atoms with Gasteiger partial charge in [-0.25, -0.2) is 9.37 Å². The Hall–Kier alpha value is -4.64. The topological polar surface area (TPSA) is 161 Å². The molecule has 1 aromatic carbocycles. The van der Waals surface area contributed by atoms with Crippen molar-refractivity contribution in [3.05, 3.63) is 73.3 Å². The summed E-state index contributed by atoms with van der Waals surface area (Å²) in [6.07, 6.45) is 2.99. The molecule has 38 heavy (non-hydrogen) atoms. The molecule has 1 saturated heterocycles. The highest BCUT2D eigenvalue weighted by atomic mass is 19.1. The zero-order valence-corrected chi connectivity index (χ0v) is 20.8. The number of nitriles is 2. The maximum absolute atomic E-state index is 14.4. The number of benzene rings is 1. The molecule has 2 N–H and O–H groups in total. The van der Waals surface area contributed by atoms with Crippen molar-refractivity contribution in [2.75, 3.05) is 42.9 Å². The number of hydrogen-bond donors (Lipinski definition) is 2. The quantitative estimate of drug-likeness (QED) is 0.300. The minimum absolute atomic E-state index is 0.229. The van der Waals surface area contributed by atoms with Crippen LogP contribution in [0.1, 0.15) is 28.7 Å². The lowest BCUT2D eigenvalue weighted by atomic mass is 9.86. The normalized spacial score (nSPS) is 15.6. The summed E-state index contributed by atoms with van der Waals surface area (Å²) in [6.45, 7) is 5.29. The number of anilines is 2. The SMILES string of the molecule is Cc1cnc(N2CCN(Cc3cc(C(C#N)(C#N)N=[N+]=[N-])c4c5c(c(=O)[nH]c4c3)CCCN5)CC2)c(F)c1. The fourth-order valence-electron chi connectivity index (χ4n) is 5.27. The van der Waals surface area contributed by atoms with E-state index in [1.165, 1.54) is 6.07 Å². The summed E-state index contributed by atoms with van der Waals surface area (Å²) in [7, 11) is 0. The molecule has 0 aliphatic carbocycles. The summed E-state index contributed by atoms with van der Waals surface area (Å²) in [6, 6.07) is 8.81. The standard InChI is InChI=1S/C26H25FN10O/c1-16-9-20(27)24(32-12-16)37-7-5-36(6-8-37)13-17-10-19(26(14-28,15-29)34-35-30)22-21(11-17)33-25(38)18-3-2-4-31-23(18)22/h9-12,31H,2-8,13H2,1H3,(H,33,38). The van der Waals surface area contributed by atoms with Gasteiger partial charge in [0, 0.05) is 66.9 Å². The van der Waals surface area contributed by atoms with Gasteiger partial charge < -0.3 is 15.2 Å². The molecule has 0 bridgehead atoms. The summed E-state index contributed by atoms with van der Waals surface area (Å²) >= 11 is 0. The summed E-state index contributed by atoms with van der Waals surface area (Å²) < 4.78 is 14.4. The third-order valence-electron chi connectivity index (χ3n) is 7.12. The van der Waals surface area contributed by atoms with E-state index in [1.54, 1.807) is 19.2 Å². The first-order chi connectivity index (χ1) is 18.4. The van der Waals surface area contributed by atoms with Gasteiger partial charge in [0.25, 0.3) is 5.56 Å². The molecular weight excluding hydrogens is 487 g/mol. The van der Waals surface area contributed by atoms with Crippen LogP contribution < -0.4 is 15.8 Å². The smallest absolute Gasteiger partial charge is 0.253 e. The van der Waals surface area contributed by atoms with E-state index in [0.717, 1.165) is 17.5 Å². The predicted molar refractivity (Wildman–Crippen MR) is 140 cm³/mol. The molecule has 1 fully saturated rings. The van der Waals surface area contributed by atoms with Crippen LogP contribution in [0.3, 0.4) is 0 Å². The van der Waals surface area contributed by atoms with Gasteiger partial charge in [0.2, 0.25) is 5.54 Å². The van der Waals surface area contributed by atoms with Crippen LogP contribution >= 0.6 is 0 Å². The minimum Gasteiger partial charge on any atom is -0.384 e. The molecule has 0 radical (unpaired) electrons. The lowest BCUT2D eigenvalue weighted by Gasteiger charge is -2.35. The van der Waals surface area contributed by atoms with E-state index in [-0.39, 0.29) is 16.9 Å². The van der Waals surface area contributed by atoms with Crippen molar-refractivity contribution in [1.29, 1.82) is 10.5 Å². The molecule has 3 aromatic rings. The molecule has 0 saturated carbocycles. The van der Waals surface area contributed by atoms with Crippen molar-refractivity contribution < 1.29 is 4.39 Å². The highest BCUT2D eigenvalue weighted by Crippen LogP contribution is 2.38. The van der Waals surface area contributed by atoms with Crippen molar-refractivity contribution in [2.45, 2.75) is 31.8 Å². The highest BCUT2D eigenvalue weighted by molar-refractivity contribution is 5.97. The Balaban J connectivity index is 1.52. The van der Waals surface area contributed by atoms with Crippen molar-refractivity contribution in [3.8, 4) is 12.1 Å². The molecule has 192 valence electrons. The molecule has 2 aliphatic heterocycles. The molecule has 0 unspecified atom stereocenters. The number of fused-ring (bicyclic) bond motifs is 3. The van der Waals surface area contributed by atoms with Crippen LogP contribution in [0.2, 0.25) is 0 Å². The Morgan fingerprint density at radius 1 is 1.24 bits per heavy atom. The second-order valence-corrected chi connectivity index (χ2v) is 9.61. The molecule has 0 atom stereocenters. The van der Waals surface area contributed by atoms with Gasteiger partial charge in [0.05, 0.1) is 23.3 Å². The zero-order chi connectivity index (χ0) is 26.9. The van der Waals surface area contributed by atoms with Crippen molar-refractivity contribution in [1.82, 2.24) is 14.9 Å². The number of aromatic nitrogens is 2. The fourth-order valence-corrected chi connectivity index (χ4v) is 5.27. The average molecular weight is 513 g/mol. The van der Waals surface area contributed by atoms with Crippen LogP contribution in [0.5, 0.6) is 0 Å². The maximum Gasteiger partial charge on any atom is 0.253 e. The molecule has 0 amide bonds. The summed E-state index contributed by atoms with van der Waals surface area (Å²) in [5.41, 5.74) is 10.2. The number of halogens is 1. The van der Waals surface area contributed by atoms with Crippen LogP contribution in [-0.2, 0) is 18.5 Å². The van der Waals surface area contributed by atoms with E-state index >= 15 is 0 Å². The van der Waals surface area contributed by atoms with Crippen LogP contribution in [0.25, 0.3) is 21.3 Å². The van der Waals surface area contributed by atoms with Gasteiger partial charge in [0.15, 0.2) is 11.6 Å². The zero-order valence-electron chi connectivity index (χ0n) is 20.8. The number of nitrogens with one attached hydrogen (secondary N) is 2. The third kappa shape index (κ3) is 4.37. The predicted octanol–water partition coefficient (Wildman–Crippen LogP) is 3.60. The molecular formula is C26H25FN10O. The number of pyridine rings is 2. The Morgan fingerprint density at radius 3 is 2.68 bits per heavy atom. The first-order valence-electron chi connectivity index (χ1n) is 12.3. The Bertz CT molecular complexity index is 1590. The summed E-state index contributed by atoms with van der Waals surface area (Å²) in [5, 5.41) is 27.3. The van der Waals surface area contributed by atoms with Crippen molar-refractivity contribution >= 4 is 22.4 Å². The second kappa shape index (κ2) is 10.0. The van der Waals surface area contributed by atoms with E-state index in [1.807, 2.05) is 23.1 Å². The molecule has 11 nitrogen and oxygen atoms in total. The van der Waals surface area contributed by atoms with E-state index in [0.29, 0.717) is 73.7 Å². The average Bonchev–Trinajstić information content (AvgIpc) is 2.92. The lowest BCUT2D eigenvalue weighted by Crippen LogP contribution is -2.46. The van der Waals surface area contributed by atoms with Crippen LogP contribution in [0, 0.1) is 35.4 Å². The van der Waals surface area contributed by atoms with E-state index < -0.39 is 5.54 Å². The number of piperazine rings is 1. The van der Waals surface area contributed by atoms with Crippen LogP contribution in [0.4, 0.5) is 15.9 Å². The van der Waals surface area contributed by atoms with Gasteiger partial charge in [0.1, 0.15) is 0 Å². The fraction of sp³-hybridized carbons (Fsp3) is 0.385. The second-order valence-electron chi connectivity index (χ2n) is 9.61. The maximum atomic E-state index is 14.4. The summed E-state index contributed by atoms with van der Waals surface area (Å²) in [4.78, 5) is 26.9. The number of rotatable bonds is 5. The third-order valence-corrected chi connectivity index (χ3v) is 7.12. The minimum atomic E-state index is -2.11. The van der Waals surface area contributed by atoms with Crippen LogP contribution in [-0.4, -0.2) is 47.6 Å². The molecule has 2 aromatic heterocycles. The molecule has 5 rings (SSSR count). The van der Waals surface area contributed by atoms with Crippen molar-refractivity contribution in [3.63, 3.8) is 0 Å². The van der Waals surface area contributed by atoms with Gasteiger partial charge in [-0.15, -0.1) is 0 Å². The Morgan fingerprint density at radius 2 is 2.00 bits per heavy atom. The van der Waals surface area contributed by atoms with Gasteiger partial charge in [-0.05, 0) is 48.6 Å². The van der Waals surface area contributed by atoms with Gasteiger partial charge >= 0.3 is 0 Å². The monoisotopic (exact) mass is 512 g/mol. The lowest BCUT2D eigenvalue weighted by molar-refractivity contribution is 0.248. The van der Waals surface area contributed by atoms with Crippen molar-refractivity contribution in [2.24, 2.45) is 5.11 Å². The van der Waals surface area contributed by atoms with Crippen LogP contribution in [0.15, 0.2) is 34.3 Å². The first kappa shape index (κ1) is 25.0. The van der Waals surface area contributed by atoms with Gasteiger partial charge in [-0.1, -0.05) is 11.2 Å². The molecule has 2 aliphatic rings.